The highest BCUT2D eigenvalue weighted by molar-refractivity contribution is 5.32. The first-order valence-corrected chi connectivity index (χ1v) is 5.41. The summed E-state index contributed by atoms with van der Waals surface area (Å²) in [4.78, 5) is 9.13. The molecule has 1 aliphatic heterocycles. The van der Waals surface area contributed by atoms with Gasteiger partial charge in [0.2, 0.25) is 0 Å². The molecular formula is C11H15N3. The van der Waals surface area contributed by atoms with Crippen LogP contribution in [0.15, 0.2) is 0 Å². The standard InChI is InChI=1S/C11H15N3/c1-7-13-10-4-5-12-6-9(10)11(14-7)8-2-3-8/h8,12H,2-6H2,1H3. The summed E-state index contributed by atoms with van der Waals surface area (Å²) in [7, 11) is 0. The van der Waals surface area contributed by atoms with Crippen molar-refractivity contribution in [3.05, 3.63) is 22.8 Å². The molecule has 2 aliphatic rings. The second-order valence-electron chi connectivity index (χ2n) is 4.28. The predicted octanol–water partition coefficient (Wildman–Crippen LogP) is 1.31. The number of hydrogen-bond donors (Lipinski definition) is 1. The molecule has 1 aromatic rings. The molecule has 74 valence electrons. The summed E-state index contributed by atoms with van der Waals surface area (Å²) < 4.78 is 0. The van der Waals surface area contributed by atoms with Crippen molar-refractivity contribution in [1.82, 2.24) is 15.3 Å². The third-order valence-corrected chi connectivity index (χ3v) is 3.04. The fraction of sp³-hybridized carbons (Fsp3) is 0.636. The number of rotatable bonds is 1. The lowest BCUT2D eigenvalue weighted by Crippen LogP contribution is -2.26. The van der Waals surface area contributed by atoms with E-state index in [4.69, 9.17) is 0 Å². The molecule has 1 fully saturated rings. The zero-order valence-corrected chi connectivity index (χ0v) is 8.51. The lowest BCUT2D eigenvalue weighted by atomic mass is 10.0. The fourth-order valence-electron chi connectivity index (χ4n) is 2.19. The topological polar surface area (TPSA) is 37.8 Å². The van der Waals surface area contributed by atoms with E-state index in [0.717, 1.165) is 31.3 Å². The normalized spacial score (nSPS) is 20.6. The van der Waals surface area contributed by atoms with Crippen molar-refractivity contribution < 1.29 is 0 Å². The molecule has 1 N–H and O–H groups in total. The number of aromatic nitrogens is 2. The number of fused-ring (bicyclic) bond motifs is 1. The second-order valence-corrected chi connectivity index (χ2v) is 4.28. The molecular weight excluding hydrogens is 174 g/mol. The summed E-state index contributed by atoms with van der Waals surface area (Å²) in [6.45, 7) is 4.04. The molecule has 3 nitrogen and oxygen atoms in total. The lowest BCUT2D eigenvalue weighted by molar-refractivity contribution is 0.612. The molecule has 0 saturated heterocycles. The zero-order valence-electron chi connectivity index (χ0n) is 8.51. The van der Waals surface area contributed by atoms with E-state index in [1.54, 1.807) is 0 Å². The fourth-order valence-corrected chi connectivity index (χ4v) is 2.19. The van der Waals surface area contributed by atoms with Gasteiger partial charge in [0.15, 0.2) is 0 Å². The van der Waals surface area contributed by atoms with Crippen LogP contribution in [-0.2, 0) is 13.0 Å². The Kier molecular flexibility index (Phi) is 1.80. The van der Waals surface area contributed by atoms with Crippen molar-refractivity contribution in [2.24, 2.45) is 0 Å². The van der Waals surface area contributed by atoms with E-state index in [9.17, 15) is 0 Å². The maximum Gasteiger partial charge on any atom is 0.125 e. The molecule has 0 spiro atoms. The smallest absolute Gasteiger partial charge is 0.125 e. The molecule has 1 aromatic heterocycles. The van der Waals surface area contributed by atoms with Crippen LogP contribution in [0.5, 0.6) is 0 Å². The third kappa shape index (κ3) is 1.32. The summed E-state index contributed by atoms with van der Waals surface area (Å²) in [6.07, 6.45) is 3.71. The van der Waals surface area contributed by atoms with Gasteiger partial charge in [-0.25, -0.2) is 9.97 Å². The average molecular weight is 189 g/mol. The van der Waals surface area contributed by atoms with Crippen molar-refractivity contribution in [3.63, 3.8) is 0 Å². The summed E-state index contributed by atoms with van der Waals surface area (Å²) >= 11 is 0. The van der Waals surface area contributed by atoms with Crippen LogP contribution in [0.1, 0.15) is 41.5 Å². The second kappa shape index (κ2) is 3.02. The predicted molar refractivity (Wildman–Crippen MR) is 54.2 cm³/mol. The zero-order chi connectivity index (χ0) is 9.54. The molecule has 0 bridgehead atoms. The minimum Gasteiger partial charge on any atom is -0.312 e. The van der Waals surface area contributed by atoms with Crippen molar-refractivity contribution in [2.75, 3.05) is 6.54 Å². The molecule has 0 aromatic carbocycles. The molecule has 1 saturated carbocycles. The van der Waals surface area contributed by atoms with Gasteiger partial charge in [0, 0.05) is 31.0 Å². The van der Waals surface area contributed by atoms with E-state index in [1.807, 2.05) is 6.92 Å². The first kappa shape index (κ1) is 8.36. The third-order valence-electron chi connectivity index (χ3n) is 3.04. The number of aryl methyl sites for hydroxylation is 1. The monoisotopic (exact) mass is 189 g/mol. The summed E-state index contributed by atoms with van der Waals surface area (Å²) in [5.41, 5.74) is 4.02. The van der Waals surface area contributed by atoms with Gasteiger partial charge in [-0.3, -0.25) is 0 Å². The lowest BCUT2D eigenvalue weighted by Gasteiger charge is -2.19. The molecule has 0 radical (unpaired) electrons. The van der Waals surface area contributed by atoms with Gasteiger partial charge in [-0.2, -0.15) is 0 Å². The van der Waals surface area contributed by atoms with E-state index in [2.05, 4.69) is 15.3 Å². The highest BCUT2D eigenvalue weighted by Crippen LogP contribution is 2.41. The molecule has 1 aliphatic carbocycles. The van der Waals surface area contributed by atoms with Crippen LogP contribution >= 0.6 is 0 Å². The Labute approximate surface area is 84.0 Å². The van der Waals surface area contributed by atoms with Gasteiger partial charge in [0.25, 0.3) is 0 Å². The van der Waals surface area contributed by atoms with Crippen LogP contribution in [0.3, 0.4) is 0 Å². The molecule has 3 rings (SSSR count). The minimum absolute atomic E-state index is 0.741. The van der Waals surface area contributed by atoms with Crippen LogP contribution in [0, 0.1) is 6.92 Å². The van der Waals surface area contributed by atoms with Crippen molar-refractivity contribution in [3.8, 4) is 0 Å². The molecule has 0 amide bonds. The maximum absolute atomic E-state index is 4.60. The Morgan fingerprint density at radius 2 is 2.14 bits per heavy atom. The Balaban J connectivity index is 2.12. The van der Waals surface area contributed by atoms with E-state index in [-0.39, 0.29) is 0 Å². The van der Waals surface area contributed by atoms with E-state index in [1.165, 1.54) is 29.8 Å². The van der Waals surface area contributed by atoms with Crippen LogP contribution in [0.4, 0.5) is 0 Å². The minimum atomic E-state index is 0.741. The van der Waals surface area contributed by atoms with E-state index >= 15 is 0 Å². The Hall–Kier alpha value is -0.960. The first-order valence-electron chi connectivity index (χ1n) is 5.41. The van der Waals surface area contributed by atoms with E-state index in [0.29, 0.717) is 0 Å². The van der Waals surface area contributed by atoms with Crippen molar-refractivity contribution >= 4 is 0 Å². The Morgan fingerprint density at radius 1 is 1.29 bits per heavy atom. The number of hydrogen-bond acceptors (Lipinski definition) is 3. The van der Waals surface area contributed by atoms with Gasteiger partial charge in [0.1, 0.15) is 5.82 Å². The SMILES string of the molecule is Cc1nc2c(c(C3CC3)n1)CNCC2. The maximum atomic E-state index is 4.60. The summed E-state index contributed by atoms with van der Waals surface area (Å²) in [5, 5.41) is 3.40. The van der Waals surface area contributed by atoms with Crippen LogP contribution in [-0.4, -0.2) is 16.5 Å². The van der Waals surface area contributed by atoms with Gasteiger partial charge in [-0.15, -0.1) is 0 Å². The van der Waals surface area contributed by atoms with Gasteiger partial charge >= 0.3 is 0 Å². The molecule has 0 atom stereocenters. The largest absolute Gasteiger partial charge is 0.312 e. The molecule has 0 unspecified atom stereocenters. The molecule has 14 heavy (non-hydrogen) atoms. The highest BCUT2D eigenvalue weighted by atomic mass is 14.9. The van der Waals surface area contributed by atoms with Crippen LogP contribution in [0.2, 0.25) is 0 Å². The number of nitrogens with zero attached hydrogens (tertiary/aromatic N) is 2. The molecule has 3 heteroatoms. The Bertz CT molecular complexity index is 369. The van der Waals surface area contributed by atoms with Crippen LogP contribution in [0.25, 0.3) is 0 Å². The van der Waals surface area contributed by atoms with Gasteiger partial charge < -0.3 is 5.32 Å². The van der Waals surface area contributed by atoms with Gasteiger partial charge in [0.05, 0.1) is 11.4 Å². The quantitative estimate of drug-likeness (QED) is 0.723. The molecule has 2 heterocycles. The van der Waals surface area contributed by atoms with Crippen molar-refractivity contribution in [1.29, 1.82) is 0 Å². The van der Waals surface area contributed by atoms with Gasteiger partial charge in [-0.1, -0.05) is 0 Å². The number of nitrogens with one attached hydrogen (secondary N) is 1. The Morgan fingerprint density at radius 3 is 2.93 bits per heavy atom. The van der Waals surface area contributed by atoms with Gasteiger partial charge in [-0.05, 0) is 19.8 Å². The van der Waals surface area contributed by atoms with Crippen molar-refractivity contribution in [2.45, 2.75) is 38.6 Å². The summed E-state index contributed by atoms with van der Waals surface area (Å²) in [5.74, 6) is 1.69. The highest BCUT2D eigenvalue weighted by Gasteiger charge is 2.30. The first-order chi connectivity index (χ1) is 6.84. The summed E-state index contributed by atoms with van der Waals surface area (Å²) in [6, 6.07) is 0. The average Bonchev–Trinajstić information content (AvgIpc) is 2.99. The van der Waals surface area contributed by atoms with Crippen LogP contribution < -0.4 is 5.32 Å². The van der Waals surface area contributed by atoms with E-state index < -0.39 is 0 Å².